The lowest BCUT2D eigenvalue weighted by atomic mass is 10.1. The maximum atomic E-state index is 12.0. The monoisotopic (exact) mass is 254 g/mol. The summed E-state index contributed by atoms with van der Waals surface area (Å²) in [6, 6.07) is 0.0868. The molecule has 2 atom stereocenters. The summed E-state index contributed by atoms with van der Waals surface area (Å²) in [6.45, 7) is 5.80. The molecule has 0 aromatic rings. The quantitative estimate of drug-likeness (QED) is 0.581. The summed E-state index contributed by atoms with van der Waals surface area (Å²) in [5.74, 6) is 0.207. The van der Waals surface area contributed by atoms with Crippen LogP contribution in [-0.2, 0) is 9.59 Å². The minimum absolute atomic E-state index is 0.0778. The van der Waals surface area contributed by atoms with Gasteiger partial charge in [0.05, 0.1) is 0 Å². The van der Waals surface area contributed by atoms with Gasteiger partial charge in [-0.15, -0.1) is 0 Å². The van der Waals surface area contributed by atoms with Gasteiger partial charge in [-0.2, -0.15) is 0 Å². The van der Waals surface area contributed by atoms with Crippen molar-refractivity contribution in [2.45, 2.75) is 31.8 Å². The van der Waals surface area contributed by atoms with Crippen LogP contribution in [0.2, 0.25) is 0 Å². The van der Waals surface area contributed by atoms with Crippen LogP contribution in [0, 0.1) is 0 Å². The van der Waals surface area contributed by atoms with Gasteiger partial charge in [0.25, 0.3) is 0 Å². The lowest BCUT2D eigenvalue weighted by Crippen LogP contribution is -2.59. The fraction of sp³-hybridized carbons (Fsp3) is 0.833. The lowest BCUT2D eigenvalue weighted by Gasteiger charge is -2.36. The average Bonchev–Trinajstić information content (AvgIpc) is 2.76. The standard InChI is InChI=1S/C12H22N4O2/c1-2-14-12(18)10-7-13-5-6-16(10)8-9-3-4-11(17)15-9/h9-10,13H,2-8H2,1H3,(H,14,18)(H,15,17). The van der Waals surface area contributed by atoms with Gasteiger partial charge < -0.3 is 16.0 Å². The van der Waals surface area contributed by atoms with E-state index in [1.807, 2.05) is 6.92 Å². The largest absolute Gasteiger partial charge is 0.355 e. The number of carbonyl (C=O) groups is 2. The van der Waals surface area contributed by atoms with Gasteiger partial charge >= 0.3 is 0 Å². The summed E-state index contributed by atoms with van der Waals surface area (Å²) in [4.78, 5) is 25.3. The molecule has 2 saturated heterocycles. The molecule has 2 heterocycles. The Morgan fingerprint density at radius 3 is 3.06 bits per heavy atom. The van der Waals surface area contributed by atoms with Gasteiger partial charge in [-0.25, -0.2) is 0 Å². The fourth-order valence-electron chi connectivity index (χ4n) is 2.61. The number of amides is 2. The van der Waals surface area contributed by atoms with E-state index in [2.05, 4.69) is 20.9 Å². The molecule has 0 aliphatic carbocycles. The maximum Gasteiger partial charge on any atom is 0.238 e. The van der Waals surface area contributed by atoms with E-state index in [1.165, 1.54) is 0 Å². The molecule has 0 aromatic heterocycles. The van der Waals surface area contributed by atoms with Crippen LogP contribution in [0.5, 0.6) is 0 Å². The molecule has 0 aromatic carbocycles. The van der Waals surface area contributed by atoms with Crippen molar-refractivity contribution in [3.05, 3.63) is 0 Å². The smallest absolute Gasteiger partial charge is 0.238 e. The highest BCUT2D eigenvalue weighted by Crippen LogP contribution is 2.11. The van der Waals surface area contributed by atoms with Gasteiger partial charge in [-0.3, -0.25) is 14.5 Å². The second-order valence-electron chi connectivity index (χ2n) is 4.91. The predicted octanol–water partition coefficient (Wildman–Crippen LogP) is -1.33. The normalized spacial score (nSPS) is 29.1. The summed E-state index contributed by atoms with van der Waals surface area (Å²) in [5, 5.41) is 9.08. The van der Waals surface area contributed by atoms with E-state index >= 15 is 0 Å². The zero-order chi connectivity index (χ0) is 13.0. The van der Waals surface area contributed by atoms with Gasteiger partial charge in [-0.1, -0.05) is 0 Å². The van der Waals surface area contributed by atoms with Crippen molar-refractivity contribution in [2.24, 2.45) is 0 Å². The van der Waals surface area contributed by atoms with Crippen LogP contribution in [0.1, 0.15) is 19.8 Å². The van der Waals surface area contributed by atoms with E-state index in [9.17, 15) is 9.59 Å². The van der Waals surface area contributed by atoms with Crippen LogP contribution in [0.15, 0.2) is 0 Å². The molecule has 0 saturated carbocycles. The molecule has 18 heavy (non-hydrogen) atoms. The third kappa shape index (κ3) is 3.20. The minimum atomic E-state index is -0.115. The Kier molecular flexibility index (Phi) is 4.54. The third-order valence-corrected chi connectivity index (χ3v) is 3.55. The zero-order valence-electron chi connectivity index (χ0n) is 10.9. The molecule has 0 radical (unpaired) electrons. The third-order valence-electron chi connectivity index (χ3n) is 3.55. The van der Waals surface area contributed by atoms with E-state index in [0.717, 1.165) is 26.1 Å². The molecule has 2 aliphatic heterocycles. The Bertz CT molecular complexity index is 321. The first-order valence-electron chi connectivity index (χ1n) is 6.72. The van der Waals surface area contributed by atoms with E-state index in [1.54, 1.807) is 0 Å². The summed E-state index contributed by atoms with van der Waals surface area (Å²) >= 11 is 0. The van der Waals surface area contributed by atoms with Crippen molar-refractivity contribution in [1.29, 1.82) is 0 Å². The van der Waals surface area contributed by atoms with Gasteiger partial charge in [0.1, 0.15) is 6.04 Å². The van der Waals surface area contributed by atoms with Crippen LogP contribution in [0.4, 0.5) is 0 Å². The Morgan fingerprint density at radius 1 is 1.56 bits per heavy atom. The van der Waals surface area contributed by atoms with Crippen molar-refractivity contribution in [1.82, 2.24) is 20.9 Å². The Morgan fingerprint density at radius 2 is 2.39 bits per heavy atom. The van der Waals surface area contributed by atoms with Crippen LogP contribution >= 0.6 is 0 Å². The fourth-order valence-corrected chi connectivity index (χ4v) is 2.61. The number of hydrogen-bond donors (Lipinski definition) is 3. The van der Waals surface area contributed by atoms with Crippen LogP contribution in [-0.4, -0.2) is 61.5 Å². The highest BCUT2D eigenvalue weighted by Gasteiger charge is 2.31. The van der Waals surface area contributed by atoms with E-state index < -0.39 is 0 Å². The van der Waals surface area contributed by atoms with Crippen LogP contribution in [0.25, 0.3) is 0 Å². The number of piperazine rings is 1. The topological polar surface area (TPSA) is 73.5 Å². The predicted molar refractivity (Wildman–Crippen MR) is 68.1 cm³/mol. The van der Waals surface area contributed by atoms with Crippen molar-refractivity contribution >= 4 is 11.8 Å². The van der Waals surface area contributed by atoms with Crippen LogP contribution < -0.4 is 16.0 Å². The summed E-state index contributed by atoms with van der Waals surface area (Å²) in [6.07, 6.45) is 1.49. The second kappa shape index (κ2) is 6.15. The highest BCUT2D eigenvalue weighted by molar-refractivity contribution is 5.82. The molecular weight excluding hydrogens is 232 g/mol. The summed E-state index contributed by atoms with van der Waals surface area (Å²) < 4.78 is 0. The van der Waals surface area contributed by atoms with Crippen molar-refractivity contribution < 1.29 is 9.59 Å². The molecule has 0 bridgehead atoms. The number of rotatable bonds is 4. The van der Waals surface area contributed by atoms with E-state index in [-0.39, 0.29) is 23.9 Å². The minimum Gasteiger partial charge on any atom is -0.355 e. The van der Waals surface area contributed by atoms with Gasteiger partial charge in [0.2, 0.25) is 11.8 Å². The molecule has 2 fully saturated rings. The Balaban J connectivity index is 1.90. The Labute approximate surface area is 107 Å². The Hall–Kier alpha value is -1.14. The first kappa shape index (κ1) is 13.3. The SMILES string of the molecule is CCNC(=O)C1CNCCN1CC1CCC(=O)N1. The number of nitrogens with zero attached hydrogens (tertiary/aromatic N) is 1. The molecule has 6 heteroatoms. The average molecular weight is 254 g/mol. The molecule has 0 spiro atoms. The van der Waals surface area contributed by atoms with Crippen molar-refractivity contribution in [3.8, 4) is 0 Å². The summed E-state index contributed by atoms with van der Waals surface area (Å²) in [5.41, 5.74) is 0. The van der Waals surface area contributed by atoms with Crippen LogP contribution in [0.3, 0.4) is 0 Å². The van der Waals surface area contributed by atoms with Gasteiger partial charge in [0.15, 0.2) is 0 Å². The molecule has 2 amide bonds. The first-order valence-corrected chi connectivity index (χ1v) is 6.72. The zero-order valence-corrected chi connectivity index (χ0v) is 10.9. The van der Waals surface area contributed by atoms with Crippen molar-refractivity contribution in [2.75, 3.05) is 32.7 Å². The summed E-state index contributed by atoms with van der Waals surface area (Å²) in [7, 11) is 0. The van der Waals surface area contributed by atoms with Crippen molar-refractivity contribution in [3.63, 3.8) is 0 Å². The molecular formula is C12H22N4O2. The number of likely N-dealkylation sites (N-methyl/N-ethyl adjacent to an activating group) is 1. The van der Waals surface area contributed by atoms with E-state index in [0.29, 0.717) is 19.5 Å². The molecule has 102 valence electrons. The van der Waals surface area contributed by atoms with Gasteiger partial charge in [-0.05, 0) is 13.3 Å². The molecule has 2 aliphatic rings. The number of carbonyl (C=O) groups excluding carboxylic acids is 2. The van der Waals surface area contributed by atoms with Gasteiger partial charge in [0, 0.05) is 45.2 Å². The van der Waals surface area contributed by atoms with E-state index in [4.69, 9.17) is 0 Å². The molecule has 6 nitrogen and oxygen atoms in total. The molecule has 2 rings (SSSR count). The molecule has 2 unspecified atom stereocenters. The second-order valence-corrected chi connectivity index (χ2v) is 4.91. The number of nitrogens with one attached hydrogen (secondary N) is 3. The highest BCUT2D eigenvalue weighted by atomic mass is 16.2. The first-order chi connectivity index (χ1) is 8.70. The lowest BCUT2D eigenvalue weighted by molar-refractivity contribution is -0.127. The molecule has 3 N–H and O–H groups in total. The number of hydrogen-bond acceptors (Lipinski definition) is 4. The maximum absolute atomic E-state index is 12.0.